The second kappa shape index (κ2) is 6.90. The van der Waals surface area contributed by atoms with E-state index in [2.05, 4.69) is 15.6 Å². The zero-order chi connectivity index (χ0) is 13.5. The molecular weight excluding hydrogens is 248 g/mol. The standard InChI is InChI=1S/C12H18N4OS/c1-8(2)16-10(17)5-7-14-9-4-3-6-15-11(9)12(13)18/h3-4,6,8,14H,5,7H2,1-2H3,(H2,13,18)(H,16,17). The number of nitrogens with two attached hydrogens (primary N) is 1. The van der Waals surface area contributed by atoms with Crippen LogP contribution in [-0.4, -0.2) is 28.5 Å². The molecule has 0 atom stereocenters. The van der Waals surface area contributed by atoms with E-state index in [-0.39, 0.29) is 16.9 Å². The van der Waals surface area contributed by atoms with Crippen molar-refractivity contribution in [2.45, 2.75) is 26.3 Å². The number of carbonyl (C=O) groups excluding carboxylic acids is 1. The van der Waals surface area contributed by atoms with Crippen molar-refractivity contribution in [2.24, 2.45) is 5.73 Å². The minimum Gasteiger partial charge on any atom is -0.388 e. The number of hydrogen-bond acceptors (Lipinski definition) is 4. The smallest absolute Gasteiger partial charge is 0.221 e. The van der Waals surface area contributed by atoms with E-state index in [0.29, 0.717) is 18.7 Å². The van der Waals surface area contributed by atoms with Crippen LogP contribution in [0.25, 0.3) is 0 Å². The highest BCUT2D eigenvalue weighted by molar-refractivity contribution is 7.80. The zero-order valence-corrected chi connectivity index (χ0v) is 11.4. The van der Waals surface area contributed by atoms with Crippen molar-refractivity contribution in [3.05, 3.63) is 24.0 Å². The van der Waals surface area contributed by atoms with Crippen LogP contribution >= 0.6 is 12.2 Å². The third kappa shape index (κ3) is 4.67. The van der Waals surface area contributed by atoms with E-state index in [4.69, 9.17) is 18.0 Å². The molecule has 1 rings (SSSR count). The summed E-state index contributed by atoms with van der Waals surface area (Å²) >= 11 is 4.90. The van der Waals surface area contributed by atoms with Gasteiger partial charge in [0.2, 0.25) is 5.91 Å². The van der Waals surface area contributed by atoms with Gasteiger partial charge >= 0.3 is 0 Å². The number of pyridine rings is 1. The summed E-state index contributed by atoms with van der Waals surface area (Å²) in [6, 6.07) is 3.78. The van der Waals surface area contributed by atoms with Crippen LogP contribution in [0, 0.1) is 0 Å². The van der Waals surface area contributed by atoms with Crippen molar-refractivity contribution in [1.82, 2.24) is 10.3 Å². The molecule has 0 saturated carbocycles. The predicted octanol–water partition coefficient (Wildman–Crippen LogP) is 1.04. The van der Waals surface area contributed by atoms with Gasteiger partial charge in [0.25, 0.3) is 0 Å². The van der Waals surface area contributed by atoms with Crippen molar-refractivity contribution in [3.8, 4) is 0 Å². The van der Waals surface area contributed by atoms with Gasteiger partial charge in [-0.25, -0.2) is 0 Å². The molecule has 0 unspecified atom stereocenters. The Labute approximate surface area is 112 Å². The van der Waals surface area contributed by atoms with Gasteiger partial charge in [-0.15, -0.1) is 0 Å². The van der Waals surface area contributed by atoms with E-state index in [0.717, 1.165) is 5.69 Å². The second-order valence-electron chi connectivity index (χ2n) is 4.16. The van der Waals surface area contributed by atoms with Crippen LogP contribution in [0.5, 0.6) is 0 Å². The van der Waals surface area contributed by atoms with Crippen molar-refractivity contribution >= 4 is 28.8 Å². The van der Waals surface area contributed by atoms with Gasteiger partial charge in [-0.3, -0.25) is 9.78 Å². The first kappa shape index (κ1) is 14.4. The molecule has 5 nitrogen and oxygen atoms in total. The molecule has 1 amide bonds. The van der Waals surface area contributed by atoms with Gasteiger partial charge in [0, 0.05) is 25.2 Å². The molecule has 18 heavy (non-hydrogen) atoms. The van der Waals surface area contributed by atoms with E-state index in [1.807, 2.05) is 19.9 Å². The Morgan fingerprint density at radius 2 is 2.28 bits per heavy atom. The lowest BCUT2D eigenvalue weighted by molar-refractivity contribution is -0.121. The van der Waals surface area contributed by atoms with E-state index < -0.39 is 0 Å². The van der Waals surface area contributed by atoms with Crippen molar-refractivity contribution in [1.29, 1.82) is 0 Å². The van der Waals surface area contributed by atoms with E-state index in [9.17, 15) is 4.79 Å². The highest BCUT2D eigenvalue weighted by Crippen LogP contribution is 2.11. The summed E-state index contributed by atoms with van der Waals surface area (Å²) in [6.45, 7) is 4.37. The number of rotatable bonds is 6. The third-order valence-corrected chi connectivity index (χ3v) is 2.35. The van der Waals surface area contributed by atoms with E-state index in [1.54, 1.807) is 12.3 Å². The minimum atomic E-state index is 0.0123. The van der Waals surface area contributed by atoms with Crippen LogP contribution in [0.2, 0.25) is 0 Å². The molecule has 98 valence electrons. The molecule has 0 aromatic carbocycles. The van der Waals surface area contributed by atoms with E-state index >= 15 is 0 Å². The molecule has 0 bridgehead atoms. The molecule has 0 radical (unpaired) electrons. The Balaban J connectivity index is 2.49. The first-order chi connectivity index (χ1) is 8.50. The lowest BCUT2D eigenvalue weighted by atomic mass is 10.2. The van der Waals surface area contributed by atoms with Crippen LogP contribution in [0.4, 0.5) is 5.69 Å². The second-order valence-corrected chi connectivity index (χ2v) is 4.60. The Bertz CT molecular complexity index is 434. The normalized spacial score (nSPS) is 10.2. The van der Waals surface area contributed by atoms with Gasteiger partial charge in [0.05, 0.1) is 5.69 Å². The summed E-state index contributed by atoms with van der Waals surface area (Å²) in [5.41, 5.74) is 6.87. The lowest BCUT2D eigenvalue weighted by Gasteiger charge is -2.11. The first-order valence-electron chi connectivity index (χ1n) is 5.78. The number of anilines is 1. The summed E-state index contributed by atoms with van der Waals surface area (Å²) in [4.78, 5) is 15.8. The number of hydrogen-bond donors (Lipinski definition) is 3. The third-order valence-electron chi connectivity index (χ3n) is 2.16. The number of nitrogens with one attached hydrogen (secondary N) is 2. The van der Waals surface area contributed by atoms with Crippen LogP contribution < -0.4 is 16.4 Å². The minimum absolute atomic E-state index is 0.0123. The zero-order valence-electron chi connectivity index (χ0n) is 10.6. The summed E-state index contributed by atoms with van der Waals surface area (Å²) in [5.74, 6) is 0.0123. The SMILES string of the molecule is CC(C)NC(=O)CCNc1cccnc1C(N)=S. The average Bonchev–Trinajstić information content (AvgIpc) is 2.28. The molecule has 0 fully saturated rings. The molecule has 1 aromatic heterocycles. The summed E-state index contributed by atoms with van der Waals surface area (Å²) in [7, 11) is 0. The van der Waals surface area contributed by atoms with Gasteiger partial charge in [-0.05, 0) is 26.0 Å². The van der Waals surface area contributed by atoms with Crippen LogP contribution in [0.1, 0.15) is 26.0 Å². The topological polar surface area (TPSA) is 80.0 Å². The fourth-order valence-electron chi connectivity index (χ4n) is 1.45. The van der Waals surface area contributed by atoms with Gasteiger partial charge in [-0.1, -0.05) is 12.2 Å². The molecule has 0 aliphatic rings. The van der Waals surface area contributed by atoms with Crippen molar-refractivity contribution in [2.75, 3.05) is 11.9 Å². The average molecular weight is 266 g/mol. The van der Waals surface area contributed by atoms with Gasteiger partial charge in [-0.2, -0.15) is 0 Å². The molecule has 1 aromatic rings. The monoisotopic (exact) mass is 266 g/mol. The number of aromatic nitrogens is 1. The Morgan fingerprint density at radius 1 is 1.56 bits per heavy atom. The molecular formula is C12H18N4OS. The number of amides is 1. The molecule has 0 spiro atoms. The highest BCUT2D eigenvalue weighted by atomic mass is 32.1. The van der Waals surface area contributed by atoms with Crippen LogP contribution in [0.15, 0.2) is 18.3 Å². The predicted molar refractivity (Wildman–Crippen MR) is 76.5 cm³/mol. The Hall–Kier alpha value is -1.69. The molecule has 0 saturated heterocycles. The Morgan fingerprint density at radius 3 is 2.89 bits per heavy atom. The quantitative estimate of drug-likeness (QED) is 0.670. The summed E-state index contributed by atoms with van der Waals surface area (Å²) in [6.07, 6.45) is 2.02. The maximum atomic E-state index is 11.4. The Kier molecular flexibility index (Phi) is 5.51. The number of carbonyl (C=O) groups is 1. The van der Waals surface area contributed by atoms with Crippen molar-refractivity contribution < 1.29 is 4.79 Å². The van der Waals surface area contributed by atoms with Gasteiger partial charge < -0.3 is 16.4 Å². The maximum Gasteiger partial charge on any atom is 0.221 e. The van der Waals surface area contributed by atoms with Crippen LogP contribution in [0.3, 0.4) is 0 Å². The fraction of sp³-hybridized carbons (Fsp3) is 0.417. The largest absolute Gasteiger partial charge is 0.388 e. The number of nitrogens with zero attached hydrogens (tertiary/aromatic N) is 1. The van der Waals surface area contributed by atoms with E-state index in [1.165, 1.54) is 0 Å². The highest BCUT2D eigenvalue weighted by Gasteiger charge is 2.07. The molecule has 0 aliphatic heterocycles. The first-order valence-corrected chi connectivity index (χ1v) is 6.19. The molecule has 0 aliphatic carbocycles. The summed E-state index contributed by atoms with van der Waals surface area (Å²) < 4.78 is 0. The summed E-state index contributed by atoms with van der Waals surface area (Å²) in [5, 5.41) is 5.93. The van der Waals surface area contributed by atoms with Crippen LogP contribution in [-0.2, 0) is 4.79 Å². The molecule has 4 N–H and O–H groups in total. The fourth-order valence-corrected chi connectivity index (χ4v) is 1.61. The van der Waals surface area contributed by atoms with Gasteiger partial charge in [0.1, 0.15) is 10.7 Å². The maximum absolute atomic E-state index is 11.4. The molecule has 1 heterocycles. The molecule has 6 heteroatoms. The van der Waals surface area contributed by atoms with Crippen molar-refractivity contribution in [3.63, 3.8) is 0 Å². The lowest BCUT2D eigenvalue weighted by Crippen LogP contribution is -2.31. The number of thiocarbonyl (C=S) groups is 1. The van der Waals surface area contributed by atoms with Gasteiger partial charge in [0.15, 0.2) is 0 Å².